The summed E-state index contributed by atoms with van der Waals surface area (Å²) in [7, 11) is 0. The van der Waals surface area contributed by atoms with Crippen LogP contribution in [-0.2, 0) is 6.54 Å². The molecule has 4 heteroatoms. The standard InChI is InChI=1S/C17H16N2O2/c1-12-16(14-9-7-13(8-10-14)11-18-20)17(19-21-12)15-5-3-2-4-6-15/h2-10,18,20H,11H2,1H3. The molecule has 0 unspecified atom stereocenters. The second kappa shape index (κ2) is 5.91. The molecular formula is C17H16N2O2. The third kappa shape index (κ3) is 2.72. The molecule has 0 spiro atoms. The number of hydrogen-bond acceptors (Lipinski definition) is 4. The topological polar surface area (TPSA) is 58.3 Å². The van der Waals surface area contributed by atoms with Gasteiger partial charge in [-0.25, -0.2) is 5.48 Å². The average Bonchev–Trinajstić information content (AvgIpc) is 2.91. The number of nitrogens with zero attached hydrogens (tertiary/aromatic N) is 1. The van der Waals surface area contributed by atoms with Crippen molar-refractivity contribution in [3.8, 4) is 22.4 Å². The van der Waals surface area contributed by atoms with Gasteiger partial charge in [0.25, 0.3) is 0 Å². The van der Waals surface area contributed by atoms with Gasteiger partial charge in [0, 0.05) is 12.1 Å². The summed E-state index contributed by atoms with van der Waals surface area (Å²) in [6.45, 7) is 2.34. The smallest absolute Gasteiger partial charge is 0.142 e. The van der Waals surface area contributed by atoms with Gasteiger partial charge in [-0.2, -0.15) is 0 Å². The van der Waals surface area contributed by atoms with Crippen LogP contribution in [0, 0.1) is 6.92 Å². The van der Waals surface area contributed by atoms with Crippen LogP contribution in [0.15, 0.2) is 59.1 Å². The summed E-state index contributed by atoms with van der Waals surface area (Å²) in [5.41, 5.74) is 7.10. The van der Waals surface area contributed by atoms with E-state index in [0.29, 0.717) is 6.54 Å². The number of rotatable bonds is 4. The Labute approximate surface area is 123 Å². The van der Waals surface area contributed by atoms with Crippen LogP contribution in [0.25, 0.3) is 22.4 Å². The van der Waals surface area contributed by atoms with Crippen LogP contribution in [0.2, 0.25) is 0 Å². The number of aryl methyl sites for hydroxylation is 1. The van der Waals surface area contributed by atoms with Crippen LogP contribution in [0.4, 0.5) is 0 Å². The number of benzene rings is 2. The molecule has 2 aromatic carbocycles. The maximum absolute atomic E-state index is 8.73. The monoisotopic (exact) mass is 280 g/mol. The molecule has 0 saturated carbocycles. The van der Waals surface area contributed by atoms with Gasteiger partial charge < -0.3 is 9.73 Å². The molecule has 0 atom stereocenters. The second-order valence-corrected chi connectivity index (χ2v) is 4.86. The lowest BCUT2D eigenvalue weighted by Gasteiger charge is -2.05. The first-order valence-electron chi connectivity index (χ1n) is 6.77. The summed E-state index contributed by atoms with van der Waals surface area (Å²) < 4.78 is 5.38. The Bertz CT molecular complexity index is 718. The van der Waals surface area contributed by atoms with Gasteiger partial charge in [-0.1, -0.05) is 59.8 Å². The molecule has 3 rings (SSSR count). The van der Waals surface area contributed by atoms with E-state index in [9.17, 15) is 0 Å². The maximum Gasteiger partial charge on any atom is 0.142 e. The highest BCUT2D eigenvalue weighted by Gasteiger charge is 2.16. The van der Waals surface area contributed by atoms with E-state index in [4.69, 9.17) is 9.73 Å². The van der Waals surface area contributed by atoms with Crippen molar-refractivity contribution in [3.05, 3.63) is 65.9 Å². The number of nitrogens with one attached hydrogen (secondary N) is 1. The van der Waals surface area contributed by atoms with Gasteiger partial charge in [-0.3, -0.25) is 0 Å². The van der Waals surface area contributed by atoms with E-state index in [-0.39, 0.29) is 0 Å². The molecule has 3 aromatic rings. The Hall–Kier alpha value is -2.43. The maximum atomic E-state index is 8.73. The third-order valence-electron chi connectivity index (χ3n) is 3.44. The SMILES string of the molecule is Cc1onc(-c2ccccc2)c1-c1ccc(CNO)cc1. The Morgan fingerprint density at radius 3 is 2.38 bits per heavy atom. The minimum Gasteiger partial charge on any atom is -0.360 e. The van der Waals surface area contributed by atoms with E-state index in [1.165, 1.54) is 0 Å². The van der Waals surface area contributed by atoms with E-state index >= 15 is 0 Å². The molecule has 1 heterocycles. The second-order valence-electron chi connectivity index (χ2n) is 4.86. The minimum atomic E-state index is 0.425. The van der Waals surface area contributed by atoms with E-state index in [0.717, 1.165) is 33.7 Å². The van der Waals surface area contributed by atoms with Crippen LogP contribution < -0.4 is 5.48 Å². The Morgan fingerprint density at radius 1 is 1.00 bits per heavy atom. The molecular weight excluding hydrogens is 264 g/mol. The fourth-order valence-corrected chi connectivity index (χ4v) is 2.39. The zero-order valence-electron chi connectivity index (χ0n) is 11.7. The van der Waals surface area contributed by atoms with Crippen LogP contribution in [0.1, 0.15) is 11.3 Å². The predicted octanol–water partition coefficient (Wildman–Crippen LogP) is 3.80. The molecule has 2 N–H and O–H groups in total. The van der Waals surface area contributed by atoms with E-state index in [1.807, 2.05) is 61.5 Å². The van der Waals surface area contributed by atoms with Crippen molar-refractivity contribution < 1.29 is 9.73 Å². The average molecular weight is 280 g/mol. The van der Waals surface area contributed by atoms with Gasteiger partial charge in [0.1, 0.15) is 11.5 Å². The van der Waals surface area contributed by atoms with E-state index in [2.05, 4.69) is 10.6 Å². The van der Waals surface area contributed by atoms with Gasteiger partial charge in [0.2, 0.25) is 0 Å². The van der Waals surface area contributed by atoms with E-state index in [1.54, 1.807) is 0 Å². The molecule has 0 aliphatic heterocycles. The normalized spacial score (nSPS) is 10.8. The Kier molecular flexibility index (Phi) is 3.81. The third-order valence-corrected chi connectivity index (χ3v) is 3.44. The van der Waals surface area contributed by atoms with Crippen molar-refractivity contribution in [3.63, 3.8) is 0 Å². The van der Waals surface area contributed by atoms with Crippen LogP contribution in [-0.4, -0.2) is 10.4 Å². The first-order valence-corrected chi connectivity index (χ1v) is 6.77. The van der Waals surface area contributed by atoms with Gasteiger partial charge >= 0.3 is 0 Å². The molecule has 0 saturated heterocycles. The molecule has 0 amide bonds. The van der Waals surface area contributed by atoms with Crippen molar-refractivity contribution in [2.45, 2.75) is 13.5 Å². The zero-order valence-corrected chi connectivity index (χ0v) is 11.7. The summed E-state index contributed by atoms with van der Waals surface area (Å²) >= 11 is 0. The van der Waals surface area contributed by atoms with Crippen molar-refractivity contribution in [1.29, 1.82) is 0 Å². The van der Waals surface area contributed by atoms with Crippen molar-refractivity contribution in [2.75, 3.05) is 0 Å². The summed E-state index contributed by atoms with van der Waals surface area (Å²) in [5.74, 6) is 0.793. The predicted molar refractivity (Wildman–Crippen MR) is 80.7 cm³/mol. The molecule has 0 radical (unpaired) electrons. The lowest BCUT2D eigenvalue weighted by Crippen LogP contribution is -2.05. The summed E-state index contributed by atoms with van der Waals surface area (Å²) in [5, 5.41) is 12.9. The first-order chi connectivity index (χ1) is 10.3. The Balaban J connectivity index is 2.04. The number of hydrogen-bond donors (Lipinski definition) is 2. The zero-order chi connectivity index (χ0) is 14.7. The number of aromatic nitrogens is 1. The fourth-order valence-electron chi connectivity index (χ4n) is 2.39. The van der Waals surface area contributed by atoms with Crippen LogP contribution >= 0.6 is 0 Å². The highest BCUT2D eigenvalue weighted by atomic mass is 16.5. The summed E-state index contributed by atoms with van der Waals surface area (Å²) in [4.78, 5) is 0. The quantitative estimate of drug-likeness (QED) is 0.714. The minimum absolute atomic E-state index is 0.425. The molecule has 4 nitrogen and oxygen atoms in total. The van der Waals surface area contributed by atoms with Gasteiger partial charge in [-0.15, -0.1) is 0 Å². The highest BCUT2D eigenvalue weighted by Crippen LogP contribution is 2.34. The molecule has 21 heavy (non-hydrogen) atoms. The van der Waals surface area contributed by atoms with Crippen molar-refractivity contribution >= 4 is 0 Å². The van der Waals surface area contributed by atoms with Gasteiger partial charge in [0.15, 0.2) is 0 Å². The highest BCUT2D eigenvalue weighted by molar-refractivity contribution is 5.81. The molecule has 0 aliphatic carbocycles. The van der Waals surface area contributed by atoms with Crippen LogP contribution in [0.5, 0.6) is 0 Å². The van der Waals surface area contributed by atoms with Crippen molar-refractivity contribution in [2.24, 2.45) is 0 Å². The number of hydroxylamine groups is 1. The van der Waals surface area contributed by atoms with Gasteiger partial charge in [-0.05, 0) is 18.1 Å². The molecule has 106 valence electrons. The molecule has 1 aromatic heterocycles. The lowest BCUT2D eigenvalue weighted by atomic mass is 9.98. The molecule has 0 fully saturated rings. The van der Waals surface area contributed by atoms with Crippen LogP contribution in [0.3, 0.4) is 0 Å². The largest absolute Gasteiger partial charge is 0.360 e. The molecule has 0 aliphatic rings. The fraction of sp³-hybridized carbons (Fsp3) is 0.118. The lowest BCUT2D eigenvalue weighted by molar-refractivity contribution is 0.161. The Morgan fingerprint density at radius 2 is 1.71 bits per heavy atom. The molecule has 0 bridgehead atoms. The van der Waals surface area contributed by atoms with Crippen molar-refractivity contribution in [1.82, 2.24) is 10.6 Å². The van der Waals surface area contributed by atoms with Gasteiger partial charge in [0.05, 0.1) is 5.56 Å². The van der Waals surface area contributed by atoms with E-state index < -0.39 is 0 Å². The first kappa shape index (κ1) is 13.5. The summed E-state index contributed by atoms with van der Waals surface area (Å²) in [6.07, 6.45) is 0. The summed E-state index contributed by atoms with van der Waals surface area (Å²) in [6, 6.07) is 18.0.